The van der Waals surface area contributed by atoms with Crippen LogP contribution in [0.1, 0.15) is 19.4 Å². The lowest BCUT2D eigenvalue weighted by Gasteiger charge is -2.46. The molecule has 1 aliphatic heterocycles. The van der Waals surface area contributed by atoms with Gasteiger partial charge in [-0.05, 0) is 32.9 Å². The van der Waals surface area contributed by atoms with E-state index in [1.54, 1.807) is 0 Å². The molecule has 1 fully saturated rings. The number of nitrogens with one attached hydrogen (secondary N) is 1. The first-order valence-electron chi connectivity index (χ1n) is 7.18. The minimum absolute atomic E-state index is 0.133. The largest absolute Gasteiger partial charge is 0.379 e. The molecule has 0 radical (unpaired) electrons. The smallest absolute Gasteiger partial charge is 0.0594 e. The molecule has 1 aliphatic rings. The number of morpholine rings is 1. The van der Waals surface area contributed by atoms with Crippen LogP contribution in [0.25, 0.3) is 0 Å². The first-order valence-corrected chi connectivity index (χ1v) is 7.18. The van der Waals surface area contributed by atoms with Gasteiger partial charge in [0.05, 0.1) is 13.2 Å². The normalized spacial score (nSPS) is 19.3. The summed E-state index contributed by atoms with van der Waals surface area (Å²) in [6, 6.07) is 11.2. The quantitative estimate of drug-likeness (QED) is 0.877. The molecule has 1 atom stereocenters. The van der Waals surface area contributed by atoms with Crippen LogP contribution >= 0.6 is 0 Å². The lowest BCUT2D eigenvalue weighted by molar-refractivity contribution is -0.0223. The highest BCUT2D eigenvalue weighted by Crippen LogP contribution is 2.23. The molecule has 1 aromatic rings. The van der Waals surface area contributed by atoms with E-state index in [2.05, 4.69) is 61.4 Å². The maximum absolute atomic E-state index is 5.46. The van der Waals surface area contributed by atoms with Crippen molar-refractivity contribution in [3.63, 3.8) is 0 Å². The Hall–Kier alpha value is -0.900. The number of benzene rings is 1. The van der Waals surface area contributed by atoms with E-state index in [0.29, 0.717) is 6.04 Å². The third kappa shape index (κ3) is 3.56. The van der Waals surface area contributed by atoms with E-state index in [-0.39, 0.29) is 5.54 Å². The zero-order valence-corrected chi connectivity index (χ0v) is 12.4. The van der Waals surface area contributed by atoms with Crippen LogP contribution in [0.5, 0.6) is 0 Å². The van der Waals surface area contributed by atoms with Gasteiger partial charge in [-0.2, -0.15) is 0 Å². The van der Waals surface area contributed by atoms with E-state index in [1.807, 2.05) is 0 Å². The fourth-order valence-corrected chi connectivity index (χ4v) is 2.91. The molecule has 0 saturated carbocycles. The lowest BCUT2D eigenvalue weighted by Crippen LogP contribution is -2.60. The summed E-state index contributed by atoms with van der Waals surface area (Å²) in [4.78, 5) is 2.54. The van der Waals surface area contributed by atoms with Gasteiger partial charge >= 0.3 is 0 Å². The Labute approximate surface area is 116 Å². The second-order valence-electron chi connectivity index (χ2n) is 5.78. The zero-order valence-electron chi connectivity index (χ0n) is 12.4. The maximum atomic E-state index is 5.46. The van der Waals surface area contributed by atoms with Gasteiger partial charge in [0.1, 0.15) is 0 Å². The molecule has 2 rings (SSSR count). The monoisotopic (exact) mass is 262 g/mol. The lowest BCUT2D eigenvalue weighted by atomic mass is 9.87. The van der Waals surface area contributed by atoms with E-state index in [1.165, 1.54) is 5.56 Å². The molecular formula is C16H26N2O. The SMILES string of the molecule is CNC(Cc1ccccc1)C(C)(C)N1CCOCC1. The predicted molar refractivity (Wildman–Crippen MR) is 79.5 cm³/mol. The van der Waals surface area contributed by atoms with Gasteiger partial charge in [-0.1, -0.05) is 30.3 Å². The number of hydrogen-bond acceptors (Lipinski definition) is 3. The fraction of sp³-hybridized carbons (Fsp3) is 0.625. The van der Waals surface area contributed by atoms with Crippen LogP contribution in [-0.2, 0) is 11.2 Å². The average molecular weight is 262 g/mol. The van der Waals surface area contributed by atoms with Crippen molar-refractivity contribution in [1.82, 2.24) is 10.2 Å². The highest BCUT2D eigenvalue weighted by Gasteiger charge is 2.35. The van der Waals surface area contributed by atoms with Crippen molar-refractivity contribution >= 4 is 0 Å². The molecule has 1 aromatic carbocycles. The average Bonchev–Trinajstić information content (AvgIpc) is 2.46. The second kappa shape index (κ2) is 6.51. The minimum atomic E-state index is 0.133. The Kier molecular flexibility index (Phi) is 4.97. The van der Waals surface area contributed by atoms with E-state index >= 15 is 0 Å². The van der Waals surface area contributed by atoms with Gasteiger partial charge in [-0.3, -0.25) is 4.90 Å². The van der Waals surface area contributed by atoms with Crippen molar-refractivity contribution < 1.29 is 4.74 Å². The van der Waals surface area contributed by atoms with Gasteiger partial charge in [0, 0.05) is 24.7 Å². The molecule has 3 nitrogen and oxygen atoms in total. The summed E-state index contributed by atoms with van der Waals surface area (Å²) in [6.07, 6.45) is 1.06. The Morgan fingerprint density at radius 3 is 2.42 bits per heavy atom. The van der Waals surface area contributed by atoms with Crippen LogP contribution in [0.4, 0.5) is 0 Å². The van der Waals surface area contributed by atoms with Gasteiger partial charge in [-0.15, -0.1) is 0 Å². The Morgan fingerprint density at radius 1 is 1.21 bits per heavy atom. The van der Waals surface area contributed by atoms with Crippen molar-refractivity contribution in [3.05, 3.63) is 35.9 Å². The first kappa shape index (κ1) is 14.5. The van der Waals surface area contributed by atoms with Gasteiger partial charge in [0.15, 0.2) is 0 Å². The van der Waals surface area contributed by atoms with Crippen molar-refractivity contribution in [2.24, 2.45) is 0 Å². The number of hydrogen-bond donors (Lipinski definition) is 1. The van der Waals surface area contributed by atoms with Crippen LogP contribution in [0, 0.1) is 0 Å². The summed E-state index contributed by atoms with van der Waals surface area (Å²) < 4.78 is 5.46. The van der Waals surface area contributed by atoms with Crippen molar-refractivity contribution in [2.75, 3.05) is 33.4 Å². The number of nitrogens with zero attached hydrogens (tertiary/aromatic N) is 1. The predicted octanol–water partition coefficient (Wildman–Crippen LogP) is 1.93. The van der Waals surface area contributed by atoms with Gasteiger partial charge < -0.3 is 10.1 Å². The maximum Gasteiger partial charge on any atom is 0.0594 e. The fourth-order valence-electron chi connectivity index (χ4n) is 2.91. The Morgan fingerprint density at radius 2 is 1.84 bits per heavy atom. The molecular weight excluding hydrogens is 236 g/mol. The summed E-state index contributed by atoms with van der Waals surface area (Å²) in [5.74, 6) is 0. The Balaban J connectivity index is 2.06. The van der Waals surface area contributed by atoms with Gasteiger partial charge in [-0.25, -0.2) is 0 Å². The number of likely N-dealkylation sites (N-methyl/N-ethyl adjacent to an activating group) is 1. The number of rotatable bonds is 5. The minimum Gasteiger partial charge on any atom is -0.379 e. The van der Waals surface area contributed by atoms with Crippen molar-refractivity contribution in [3.8, 4) is 0 Å². The molecule has 0 aromatic heterocycles. The highest BCUT2D eigenvalue weighted by molar-refractivity contribution is 5.17. The number of ether oxygens (including phenoxy) is 1. The molecule has 0 aliphatic carbocycles. The van der Waals surface area contributed by atoms with E-state index in [4.69, 9.17) is 4.74 Å². The molecule has 0 spiro atoms. The van der Waals surface area contributed by atoms with E-state index < -0.39 is 0 Å². The third-order valence-electron chi connectivity index (χ3n) is 4.31. The first-order chi connectivity index (χ1) is 9.14. The van der Waals surface area contributed by atoms with Crippen LogP contribution in [-0.4, -0.2) is 49.8 Å². The van der Waals surface area contributed by atoms with Crippen molar-refractivity contribution in [1.29, 1.82) is 0 Å². The van der Waals surface area contributed by atoms with Crippen LogP contribution in [0.15, 0.2) is 30.3 Å². The van der Waals surface area contributed by atoms with Crippen LogP contribution in [0.2, 0.25) is 0 Å². The standard InChI is InChI=1S/C16H26N2O/c1-16(2,18-9-11-19-12-10-18)15(17-3)13-14-7-5-4-6-8-14/h4-8,15,17H,9-13H2,1-3H3. The summed E-state index contributed by atoms with van der Waals surface area (Å²) >= 11 is 0. The van der Waals surface area contributed by atoms with E-state index in [9.17, 15) is 0 Å². The molecule has 0 bridgehead atoms. The van der Waals surface area contributed by atoms with Gasteiger partial charge in [0.25, 0.3) is 0 Å². The zero-order chi connectivity index (χ0) is 13.7. The van der Waals surface area contributed by atoms with Crippen LogP contribution in [0.3, 0.4) is 0 Å². The topological polar surface area (TPSA) is 24.5 Å². The molecule has 3 heteroatoms. The molecule has 1 heterocycles. The molecule has 106 valence electrons. The summed E-state index contributed by atoms with van der Waals surface area (Å²) in [5.41, 5.74) is 1.53. The molecule has 1 unspecified atom stereocenters. The van der Waals surface area contributed by atoms with E-state index in [0.717, 1.165) is 32.7 Å². The molecule has 0 amide bonds. The summed E-state index contributed by atoms with van der Waals surface area (Å²) in [5, 5.41) is 3.51. The summed E-state index contributed by atoms with van der Waals surface area (Å²) in [7, 11) is 2.07. The second-order valence-corrected chi connectivity index (χ2v) is 5.78. The van der Waals surface area contributed by atoms with Crippen LogP contribution < -0.4 is 5.32 Å². The summed E-state index contributed by atoms with van der Waals surface area (Å²) in [6.45, 7) is 8.43. The third-order valence-corrected chi connectivity index (χ3v) is 4.31. The Bertz CT molecular complexity index is 372. The molecule has 19 heavy (non-hydrogen) atoms. The highest BCUT2D eigenvalue weighted by atomic mass is 16.5. The van der Waals surface area contributed by atoms with Gasteiger partial charge in [0.2, 0.25) is 0 Å². The molecule has 1 N–H and O–H groups in total. The molecule has 1 saturated heterocycles. The van der Waals surface area contributed by atoms with Crippen molar-refractivity contribution in [2.45, 2.75) is 31.8 Å².